The molecule has 1 aliphatic rings. The number of rotatable bonds is 3. The number of likely N-dealkylation sites (tertiary alicyclic amines) is 1. The summed E-state index contributed by atoms with van der Waals surface area (Å²) in [4.78, 5) is 11.6. The summed E-state index contributed by atoms with van der Waals surface area (Å²) in [5.41, 5.74) is 1.43. The van der Waals surface area contributed by atoms with Crippen LogP contribution in [0.5, 0.6) is 0 Å². The van der Waals surface area contributed by atoms with E-state index in [4.69, 9.17) is 0 Å². The third-order valence-electron chi connectivity index (χ3n) is 4.02. The number of anilines is 1. The van der Waals surface area contributed by atoms with Crippen molar-refractivity contribution in [1.82, 2.24) is 14.9 Å². The molecule has 0 amide bonds. The van der Waals surface area contributed by atoms with Crippen molar-refractivity contribution in [2.45, 2.75) is 40.7 Å². The fourth-order valence-corrected chi connectivity index (χ4v) is 2.71. The lowest BCUT2D eigenvalue weighted by Gasteiger charge is -2.27. The summed E-state index contributed by atoms with van der Waals surface area (Å²) < 4.78 is 0. The average molecular weight is 262 g/mol. The van der Waals surface area contributed by atoms with Gasteiger partial charge in [-0.2, -0.15) is 0 Å². The van der Waals surface area contributed by atoms with E-state index in [2.05, 4.69) is 41.0 Å². The number of aryl methyl sites for hydroxylation is 1. The van der Waals surface area contributed by atoms with Crippen LogP contribution in [0.3, 0.4) is 0 Å². The average Bonchev–Trinajstić information content (AvgIpc) is 2.76. The highest BCUT2D eigenvalue weighted by Crippen LogP contribution is 2.33. The van der Waals surface area contributed by atoms with Gasteiger partial charge in [-0.1, -0.05) is 20.8 Å². The fourth-order valence-electron chi connectivity index (χ4n) is 2.71. The minimum atomic E-state index is 0.401. The van der Waals surface area contributed by atoms with Crippen molar-refractivity contribution in [3.63, 3.8) is 0 Å². The summed E-state index contributed by atoms with van der Waals surface area (Å²) in [6.45, 7) is 12.2. The zero-order valence-corrected chi connectivity index (χ0v) is 12.8. The van der Waals surface area contributed by atoms with E-state index in [1.165, 1.54) is 6.42 Å². The van der Waals surface area contributed by atoms with Crippen molar-refractivity contribution in [3.05, 3.63) is 17.6 Å². The normalized spacial score (nSPS) is 20.8. The van der Waals surface area contributed by atoms with Gasteiger partial charge in [0.1, 0.15) is 11.6 Å². The number of hydrogen-bond acceptors (Lipinski definition) is 4. The van der Waals surface area contributed by atoms with Crippen LogP contribution < -0.4 is 5.32 Å². The van der Waals surface area contributed by atoms with E-state index in [1.807, 2.05) is 20.0 Å². The Hall–Kier alpha value is -1.16. The van der Waals surface area contributed by atoms with Gasteiger partial charge in [-0.3, -0.25) is 4.90 Å². The van der Waals surface area contributed by atoms with Gasteiger partial charge in [0.15, 0.2) is 0 Å². The Labute approximate surface area is 116 Å². The van der Waals surface area contributed by atoms with Crippen LogP contribution in [0.15, 0.2) is 6.07 Å². The van der Waals surface area contributed by atoms with E-state index in [9.17, 15) is 0 Å². The molecule has 0 aromatic carbocycles. The van der Waals surface area contributed by atoms with E-state index < -0.39 is 0 Å². The lowest BCUT2D eigenvalue weighted by Crippen LogP contribution is -2.26. The molecule has 1 atom stereocenters. The van der Waals surface area contributed by atoms with Crippen molar-refractivity contribution in [2.75, 3.05) is 25.5 Å². The van der Waals surface area contributed by atoms with Crippen molar-refractivity contribution >= 4 is 5.82 Å². The van der Waals surface area contributed by atoms with Gasteiger partial charge in [0.2, 0.25) is 0 Å². The second kappa shape index (κ2) is 5.45. The lowest BCUT2D eigenvalue weighted by molar-refractivity contribution is 0.224. The second-order valence-electron chi connectivity index (χ2n) is 6.65. The van der Waals surface area contributed by atoms with Crippen LogP contribution in [-0.4, -0.2) is 35.0 Å². The minimum Gasteiger partial charge on any atom is -0.373 e. The molecule has 1 unspecified atom stereocenters. The Morgan fingerprint density at radius 1 is 1.37 bits per heavy atom. The third kappa shape index (κ3) is 3.66. The highest BCUT2D eigenvalue weighted by molar-refractivity contribution is 5.34. The molecule has 0 bridgehead atoms. The Kier molecular flexibility index (Phi) is 4.09. The van der Waals surface area contributed by atoms with Crippen LogP contribution >= 0.6 is 0 Å². The Morgan fingerprint density at radius 2 is 2.11 bits per heavy atom. The van der Waals surface area contributed by atoms with Crippen LogP contribution in [0.1, 0.15) is 38.7 Å². The van der Waals surface area contributed by atoms with E-state index in [0.717, 1.165) is 42.9 Å². The van der Waals surface area contributed by atoms with Crippen LogP contribution in [0, 0.1) is 18.3 Å². The van der Waals surface area contributed by atoms with E-state index in [0.29, 0.717) is 5.41 Å². The number of nitrogens with one attached hydrogen (secondary N) is 1. The summed E-state index contributed by atoms with van der Waals surface area (Å²) >= 11 is 0. The Bertz CT molecular complexity index is 436. The SMILES string of the molecule is CNc1cc(C)nc(CN2CCC(C(C)(C)C)C2)n1. The molecule has 0 radical (unpaired) electrons. The smallest absolute Gasteiger partial charge is 0.144 e. The molecule has 2 heterocycles. The topological polar surface area (TPSA) is 41.1 Å². The maximum atomic E-state index is 4.54. The van der Waals surface area contributed by atoms with Crippen molar-refractivity contribution in [1.29, 1.82) is 0 Å². The van der Waals surface area contributed by atoms with Crippen molar-refractivity contribution in [2.24, 2.45) is 11.3 Å². The molecule has 4 heteroatoms. The zero-order chi connectivity index (χ0) is 14.0. The highest BCUT2D eigenvalue weighted by Gasteiger charge is 2.31. The van der Waals surface area contributed by atoms with E-state index in [-0.39, 0.29) is 0 Å². The summed E-state index contributed by atoms with van der Waals surface area (Å²) in [6.07, 6.45) is 1.29. The van der Waals surface area contributed by atoms with Crippen LogP contribution in [0.2, 0.25) is 0 Å². The highest BCUT2D eigenvalue weighted by atomic mass is 15.2. The molecular formula is C15H26N4. The Morgan fingerprint density at radius 3 is 2.68 bits per heavy atom. The first kappa shape index (κ1) is 14.3. The molecule has 1 saturated heterocycles. The number of aromatic nitrogens is 2. The van der Waals surface area contributed by atoms with Gasteiger partial charge < -0.3 is 5.32 Å². The number of nitrogens with zero attached hydrogens (tertiary/aromatic N) is 3. The second-order valence-corrected chi connectivity index (χ2v) is 6.65. The Balaban J connectivity index is 2.01. The van der Waals surface area contributed by atoms with Gasteiger partial charge >= 0.3 is 0 Å². The van der Waals surface area contributed by atoms with Gasteiger partial charge in [-0.25, -0.2) is 9.97 Å². The summed E-state index contributed by atoms with van der Waals surface area (Å²) in [7, 11) is 1.90. The molecule has 0 saturated carbocycles. The molecule has 106 valence electrons. The molecule has 1 fully saturated rings. The van der Waals surface area contributed by atoms with E-state index >= 15 is 0 Å². The molecule has 1 aliphatic heterocycles. The van der Waals surface area contributed by atoms with Gasteiger partial charge in [0.25, 0.3) is 0 Å². The predicted molar refractivity (Wildman–Crippen MR) is 79.2 cm³/mol. The van der Waals surface area contributed by atoms with Crippen LogP contribution in [-0.2, 0) is 6.54 Å². The molecule has 0 aliphatic carbocycles. The quantitative estimate of drug-likeness (QED) is 0.909. The zero-order valence-electron chi connectivity index (χ0n) is 12.8. The largest absolute Gasteiger partial charge is 0.373 e. The maximum absolute atomic E-state index is 4.54. The molecule has 2 rings (SSSR count). The maximum Gasteiger partial charge on any atom is 0.144 e. The molecule has 4 nitrogen and oxygen atoms in total. The lowest BCUT2D eigenvalue weighted by atomic mass is 9.80. The van der Waals surface area contributed by atoms with Crippen molar-refractivity contribution in [3.8, 4) is 0 Å². The fraction of sp³-hybridized carbons (Fsp3) is 0.733. The van der Waals surface area contributed by atoms with Gasteiger partial charge in [0, 0.05) is 25.4 Å². The first-order chi connectivity index (χ1) is 8.88. The first-order valence-electron chi connectivity index (χ1n) is 7.13. The summed E-state index contributed by atoms with van der Waals surface area (Å²) in [5, 5.41) is 3.10. The van der Waals surface area contributed by atoms with Gasteiger partial charge in [0.05, 0.1) is 6.54 Å². The molecule has 0 spiro atoms. The molecule has 1 aromatic heterocycles. The van der Waals surface area contributed by atoms with Crippen LogP contribution in [0.25, 0.3) is 0 Å². The van der Waals surface area contributed by atoms with Gasteiger partial charge in [-0.05, 0) is 31.2 Å². The van der Waals surface area contributed by atoms with E-state index in [1.54, 1.807) is 0 Å². The minimum absolute atomic E-state index is 0.401. The predicted octanol–water partition coefficient (Wildman–Crippen LogP) is 2.69. The first-order valence-corrected chi connectivity index (χ1v) is 7.13. The standard InChI is InChI=1S/C15H26N4/c1-11-8-13(16-5)18-14(17-11)10-19-7-6-12(9-19)15(2,3)4/h8,12H,6-7,9-10H2,1-5H3,(H,16,17,18). The summed E-state index contributed by atoms with van der Waals surface area (Å²) in [6, 6.07) is 1.98. The van der Waals surface area contributed by atoms with Crippen molar-refractivity contribution < 1.29 is 0 Å². The molecular weight excluding hydrogens is 236 g/mol. The molecule has 19 heavy (non-hydrogen) atoms. The van der Waals surface area contributed by atoms with Gasteiger partial charge in [-0.15, -0.1) is 0 Å². The monoisotopic (exact) mass is 262 g/mol. The number of hydrogen-bond donors (Lipinski definition) is 1. The summed E-state index contributed by atoms with van der Waals surface area (Å²) in [5.74, 6) is 2.62. The molecule has 1 aromatic rings. The third-order valence-corrected chi connectivity index (χ3v) is 4.02. The molecule has 1 N–H and O–H groups in total. The van der Waals surface area contributed by atoms with Crippen LogP contribution in [0.4, 0.5) is 5.82 Å².